The number of esters is 1. The first-order chi connectivity index (χ1) is 14.1. The highest BCUT2D eigenvalue weighted by atomic mass is 79.9. The maximum Gasteiger partial charge on any atom is 0.338 e. The third-order valence-corrected chi connectivity index (χ3v) is 5.48. The summed E-state index contributed by atoms with van der Waals surface area (Å²) >= 11 is 3.57. The SMILES string of the molecule is CCOC(=O)c1ccc(C2=CN(CN3CCOCC3)c3ccc(Br)cc3N2)cc1. The number of halogens is 1. The van der Waals surface area contributed by atoms with Gasteiger partial charge in [-0.05, 0) is 42.8 Å². The van der Waals surface area contributed by atoms with Crippen molar-refractivity contribution in [3.8, 4) is 0 Å². The molecule has 6 nitrogen and oxygen atoms in total. The number of fused-ring (bicyclic) bond motifs is 1. The van der Waals surface area contributed by atoms with Gasteiger partial charge < -0.3 is 19.7 Å². The third kappa shape index (κ3) is 4.63. The fourth-order valence-corrected chi connectivity index (χ4v) is 3.84. The summed E-state index contributed by atoms with van der Waals surface area (Å²) < 4.78 is 11.6. The number of nitrogens with zero attached hydrogens (tertiary/aromatic N) is 2. The largest absolute Gasteiger partial charge is 0.462 e. The molecule has 29 heavy (non-hydrogen) atoms. The van der Waals surface area contributed by atoms with Gasteiger partial charge in [0.2, 0.25) is 0 Å². The Balaban J connectivity index is 1.61. The molecule has 0 saturated carbocycles. The fourth-order valence-electron chi connectivity index (χ4n) is 3.48. The average molecular weight is 458 g/mol. The van der Waals surface area contributed by atoms with E-state index in [0.717, 1.165) is 60.1 Å². The highest BCUT2D eigenvalue weighted by Crippen LogP contribution is 2.36. The van der Waals surface area contributed by atoms with E-state index in [1.807, 2.05) is 19.1 Å². The van der Waals surface area contributed by atoms with E-state index < -0.39 is 0 Å². The van der Waals surface area contributed by atoms with Crippen LogP contribution in [0.25, 0.3) is 5.70 Å². The van der Waals surface area contributed by atoms with Crippen molar-refractivity contribution in [3.05, 3.63) is 64.3 Å². The van der Waals surface area contributed by atoms with E-state index in [-0.39, 0.29) is 5.97 Å². The van der Waals surface area contributed by atoms with Crippen molar-refractivity contribution in [2.24, 2.45) is 0 Å². The number of morpholine rings is 1. The van der Waals surface area contributed by atoms with Gasteiger partial charge >= 0.3 is 5.97 Å². The second kappa shape index (κ2) is 8.98. The highest BCUT2D eigenvalue weighted by molar-refractivity contribution is 9.10. The molecule has 0 atom stereocenters. The van der Waals surface area contributed by atoms with E-state index in [4.69, 9.17) is 9.47 Å². The lowest BCUT2D eigenvalue weighted by Gasteiger charge is -2.36. The molecular formula is C22H24BrN3O3. The summed E-state index contributed by atoms with van der Waals surface area (Å²) in [7, 11) is 0. The van der Waals surface area contributed by atoms with Crippen LogP contribution in [-0.2, 0) is 9.47 Å². The zero-order valence-electron chi connectivity index (χ0n) is 16.4. The molecule has 0 radical (unpaired) electrons. The van der Waals surface area contributed by atoms with E-state index >= 15 is 0 Å². The number of rotatable bonds is 5. The van der Waals surface area contributed by atoms with Gasteiger partial charge in [-0.15, -0.1) is 0 Å². The number of carbonyl (C=O) groups excluding carboxylic acids is 1. The normalized spacial score (nSPS) is 16.6. The summed E-state index contributed by atoms with van der Waals surface area (Å²) in [5, 5.41) is 3.53. The van der Waals surface area contributed by atoms with Crippen molar-refractivity contribution in [2.45, 2.75) is 6.92 Å². The Bertz CT molecular complexity index is 908. The van der Waals surface area contributed by atoms with Crippen molar-refractivity contribution in [2.75, 3.05) is 49.8 Å². The molecular weight excluding hydrogens is 434 g/mol. The van der Waals surface area contributed by atoms with Gasteiger partial charge in [0, 0.05) is 23.8 Å². The monoisotopic (exact) mass is 457 g/mol. The van der Waals surface area contributed by atoms with Crippen LogP contribution in [0.1, 0.15) is 22.8 Å². The van der Waals surface area contributed by atoms with Crippen LogP contribution in [0.2, 0.25) is 0 Å². The first-order valence-corrected chi connectivity index (χ1v) is 10.6. The van der Waals surface area contributed by atoms with Gasteiger partial charge in [-0.3, -0.25) is 4.90 Å². The quantitative estimate of drug-likeness (QED) is 0.680. The molecule has 0 amide bonds. The van der Waals surface area contributed by atoms with Crippen molar-refractivity contribution in [1.29, 1.82) is 0 Å². The molecule has 2 aromatic carbocycles. The molecule has 1 saturated heterocycles. The van der Waals surface area contributed by atoms with Crippen molar-refractivity contribution in [1.82, 2.24) is 4.90 Å². The Labute approximate surface area is 179 Å². The second-order valence-electron chi connectivity index (χ2n) is 6.97. The van der Waals surface area contributed by atoms with Crippen LogP contribution in [0.15, 0.2) is 53.1 Å². The van der Waals surface area contributed by atoms with Crippen LogP contribution >= 0.6 is 15.9 Å². The molecule has 1 N–H and O–H groups in total. The van der Waals surface area contributed by atoms with Crippen LogP contribution in [0.3, 0.4) is 0 Å². The van der Waals surface area contributed by atoms with E-state index in [2.05, 4.69) is 55.4 Å². The minimum Gasteiger partial charge on any atom is -0.462 e. The lowest BCUT2D eigenvalue weighted by Crippen LogP contribution is -2.43. The summed E-state index contributed by atoms with van der Waals surface area (Å²) in [6.45, 7) is 6.36. The number of carbonyl (C=O) groups is 1. The third-order valence-electron chi connectivity index (χ3n) is 4.99. The molecule has 2 heterocycles. The Hall–Kier alpha value is -2.35. The van der Waals surface area contributed by atoms with Crippen LogP contribution in [0.4, 0.5) is 11.4 Å². The molecule has 0 unspecified atom stereocenters. The fraction of sp³-hybridized carbons (Fsp3) is 0.318. The van der Waals surface area contributed by atoms with Gasteiger partial charge in [0.05, 0.1) is 49.1 Å². The second-order valence-corrected chi connectivity index (χ2v) is 7.88. The maximum absolute atomic E-state index is 11.9. The molecule has 0 bridgehead atoms. The van der Waals surface area contributed by atoms with Crippen molar-refractivity contribution >= 4 is 39.0 Å². The number of nitrogens with one attached hydrogen (secondary N) is 1. The molecule has 1 fully saturated rings. The van der Waals surface area contributed by atoms with Crippen LogP contribution in [0, 0.1) is 0 Å². The predicted octanol–water partition coefficient (Wildman–Crippen LogP) is 4.15. The molecule has 0 aromatic heterocycles. The van der Waals surface area contributed by atoms with Gasteiger partial charge in [0.15, 0.2) is 0 Å². The Morgan fingerprint density at radius 2 is 1.93 bits per heavy atom. The standard InChI is InChI=1S/C22H24BrN3O3/c1-2-29-22(27)17-5-3-16(4-6-17)20-14-26(15-25-9-11-28-12-10-25)21-8-7-18(23)13-19(21)24-20/h3-8,13-14,24H,2,9-12,15H2,1H3. The lowest BCUT2D eigenvalue weighted by molar-refractivity contribution is 0.0390. The van der Waals surface area contributed by atoms with Crippen LogP contribution in [0.5, 0.6) is 0 Å². The zero-order valence-corrected chi connectivity index (χ0v) is 17.9. The van der Waals surface area contributed by atoms with E-state index in [1.54, 1.807) is 12.1 Å². The molecule has 2 aliphatic heterocycles. The van der Waals surface area contributed by atoms with E-state index in [9.17, 15) is 4.79 Å². The predicted molar refractivity (Wildman–Crippen MR) is 118 cm³/mol. The molecule has 7 heteroatoms. The summed E-state index contributed by atoms with van der Waals surface area (Å²) in [4.78, 5) is 16.6. The van der Waals surface area contributed by atoms with Crippen LogP contribution in [-0.4, -0.2) is 50.4 Å². The lowest BCUT2D eigenvalue weighted by atomic mass is 10.1. The number of anilines is 2. The first kappa shape index (κ1) is 19.9. The molecule has 152 valence electrons. The van der Waals surface area contributed by atoms with E-state index in [0.29, 0.717) is 12.2 Å². The molecule has 2 aliphatic rings. The van der Waals surface area contributed by atoms with Gasteiger partial charge in [0.25, 0.3) is 0 Å². The summed E-state index contributed by atoms with van der Waals surface area (Å²) in [5.74, 6) is -0.298. The van der Waals surface area contributed by atoms with Crippen molar-refractivity contribution in [3.63, 3.8) is 0 Å². The smallest absolute Gasteiger partial charge is 0.338 e. The van der Waals surface area contributed by atoms with Crippen LogP contribution < -0.4 is 10.2 Å². The van der Waals surface area contributed by atoms with E-state index in [1.165, 1.54) is 0 Å². The summed E-state index contributed by atoms with van der Waals surface area (Å²) in [6.07, 6.45) is 2.13. The van der Waals surface area contributed by atoms with Gasteiger partial charge in [-0.2, -0.15) is 0 Å². The minimum absolute atomic E-state index is 0.298. The first-order valence-electron chi connectivity index (χ1n) is 9.77. The maximum atomic E-state index is 11.9. The molecule has 2 aromatic rings. The molecule has 0 aliphatic carbocycles. The Morgan fingerprint density at radius 3 is 2.66 bits per heavy atom. The summed E-state index contributed by atoms with van der Waals surface area (Å²) in [5.41, 5.74) is 4.72. The average Bonchev–Trinajstić information content (AvgIpc) is 2.74. The molecule has 0 spiro atoms. The van der Waals surface area contributed by atoms with Gasteiger partial charge in [-0.1, -0.05) is 28.1 Å². The number of hydrogen-bond acceptors (Lipinski definition) is 6. The number of hydrogen-bond donors (Lipinski definition) is 1. The van der Waals surface area contributed by atoms with Gasteiger partial charge in [0.1, 0.15) is 0 Å². The van der Waals surface area contributed by atoms with Crippen molar-refractivity contribution < 1.29 is 14.3 Å². The summed E-state index contributed by atoms with van der Waals surface area (Å²) in [6, 6.07) is 13.8. The Kier molecular flexibility index (Phi) is 6.18. The number of benzene rings is 2. The topological polar surface area (TPSA) is 54.0 Å². The minimum atomic E-state index is -0.298. The Morgan fingerprint density at radius 1 is 1.17 bits per heavy atom. The number of ether oxygens (including phenoxy) is 2. The highest BCUT2D eigenvalue weighted by Gasteiger charge is 2.21. The molecule has 4 rings (SSSR count). The van der Waals surface area contributed by atoms with Gasteiger partial charge in [-0.25, -0.2) is 4.79 Å². The zero-order chi connectivity index (χ0) is 20.2.